The molecular weight excluding hydrogens is 338 g/mol. The normalized spacial score (nSPS) is 9.81. The van der Waals surface area contributed by atoms with Gasteiger partial charge in [-0.15, -0.1) is 0 Å². The number of carboxylic acid groups (broad SMARTS) is 2. The lowest BCUT2D eigenvalue weighted by atomic mass is 10.2. The number of rotatable bonds is 8. The monoisotopic (exact) mass is 365 g/mol. The van der Waals surface area contributed by atoms with Gasteiger partial charge in [-0.05, 0) is 12.5 Å². The van der Waals surface area contributed by atoms with E-state index >= 15 is 0 Å². The molecule has 7 heteroatoms. The van der Waals surface area contributed by atoms with Gasteiger partial charge in [0.1, 0.15) is 0 Å². The lowest BCUT2D eigenvalue weighted by Gasteiger charge is -1.94. The average molecular weight is 365 g/mol. The van der Waals surface area contributed by atoms with Gasteiger partial charge in [0.15, 0.2) is 0 Å². The minimum atomic E-state index is -0.935. The van der Waals surface area contributed by atoms with Crippen LogP contribution in [0.4, 0.5) is 0 Å². The van der Waals surface area contributed by atoms with Crippen LogP contribution in [-0.4, -0.2) is 58.7 Å². The molecule has 0 aromatic heterocycles. The Bertz CT molecular complexity index is 551. The number of benzene rings is 1. The first kappa shape index (κ1) is 25.5. The number of carboxylic acids is 2. The molecule has 26 heavy (non-hydrogen) atoms. The van der Waals surface area contributed by atoms with E-state index in [4.69, 9.17) is 20.4 Å². The fourth-order valence-corrected chi connectivity index (χ4v) is 1.15. The first-order chi connectivity index (χ1) is 12.3. The summed E-state index contributed by atoms with van der Waals surface area (Å²) in [6, 6.07) is 9.70. The van der Waals surface area contributed by atoms with E-state index in [9.17, 15) is 9.59 Å². The van der Waals surface area contributed by atoms with Crippen LogP contribution >= 0.6 is 0 Å². The van der Waals surface area contributed by atoms with Crippen LogP contribution in [0.25, 0.3) is 6.08 Å². The summed E-state index contributed by atoms with van der Waals surface area (Å²) in [6.07, 6.45) is 6.14. The molecular formula is C19H27NO6. The summed E-state index contributed by atoms with van der Waals surface area (Å²) in [5.41, 5.74) is 1.23. The predicted octanol–water partition coefficient (Wildman–Crippen LogP) is 1.55. The molecule has 0 aliphatic carbocycles. The Morgan fingerprint density at radius 3 is 1.92 bits per heavy atom. The largest absolute Gasteiger partial charge is 0.478 e. The van der Waals surface area contributed by atoms with Crippen LogP contribution < -0.4 is 5.32 Å². The molecule has 0 fully saturated rings. The van der Waals surface area contributed by atoms with E-state index < -0.39 is 11.9 Å². The number of nitrogens with one attached hydrogen (secondary N) is 1. The van der Waals surface area contributed by atoms with Crippen molar-refractivity contribution in [2.75, 3.05) is 26.3 Å². The van der Waals surface area contributed by atoms with E-state index in [1.54, 1.807) is 6.08 Å². The lowest BCUT2D eigenvalue weighted by molar-refractivity contribution is -0.133. The van der Waals surface area contributed by atoms with Gasteiger partial charge in [-0.1, -0.05) is 55.1 Å². The number of hydrogen-bond acceptors (Lipinski definition) is 5. The van der Waals surface area contributed by atoms with Crippen molar-refractivity contribution in [1.29, 1.82) is 0 Å². The molecule has 0 amide bonds. The number of allylic oxidation sites excluding steroid dienone is 2. The van der Waals surface area contributed by atoms with Crippen molar-refractivity contribution in [1.82, 2.24) is 5.32 Å². The molecule has 7 nitrogen and oxygen atoms in total. The Morgan fingerprint density at radius 1 is 1.04 bits per heavy atom. The maximum atomic E-state index is 10.1. The SMILES string of the molecule is C=C(C)C(=O)O.O=C(O)C=CC=Cc1ccccc1.OCCNCCO. The molecule has 0 aliphatic heterocycles. The van der Waals surface area contributed by atoms with Crippen molar-refractivity contribution >= 4 is 18.0 Å². The highest BCUT2D eigenvalue weighted by Gasteiger charge is 1.90. The van der Waals surface area contributed by atoms with Crippen LogP contribution in [0, 0.1) is 0 Å². The van der Waals surface area contributed by atoms with E-state index in [1.807, 2.05) is 36.4 Å². The Kier molecular flexibility index (Phi) is 18.2. The molecule has 0 heterocycles. The number of hydrogen-bond donors (Lipinski definition) is 5. The van der Waals surface area contributed by atoms with Crippen molar-refractivity contribution in [3.63, 3.8) is 0 Å². The molecule has 0 saturated heterocycles. The smallest absolute Gasteiger partial charge is 0.330 e. The second kappa shape index (κ2) is 18.6. The average Bonchev–Trinajstić information content (AvgIpc) is 2.61. The Hall–Kier alpha value is -2.74. The second-order valence-corrected chi connectivity index (χ2v) is 4.75. The third-order valence-electron chi connectivity index (χ3n) is 2.38. The number of aliphatic hydroxyl groups excluding tert-OH is 2. The molecule has 0 spiro atoms. The molecule has 0 unspecified atom stereocenters. The summed E-state index contributed by atoms with van der Waals surface area (Å²) in [5, 5.41) is 35.3. The molecule has 0 saturated carbocycles. The quantitative estimate of drug-likeness (QED) is 0.269. The summed E-state index contributed by atoms with van der Waals surface area (Å²) in [5.74, 6) is -1.87. The van der Waals surface area contributed by atoms with Gasteiger partial charge in [-0.3, -0.25) is 0 Å². The van der Waals surface area contributed by atoms with Crippen LogP contribution in [0.15, 0.2) is 60.7 Å². The molecule has 0 atom stereocenters. The minimum absolute atomic E-state index is 0.139. The van der Waals surface area contributed by atoms with Crippen LogP contribution in [0.3, 0.4) is 0 Å². The van der Waals surface area contributed by atoms with Crippen LogP contribution in [-0.2, 0) is 9.59 Å². The van der Waals surface area contributed by atoms with E-state index in [1.165, 1.54) is 13.0 Å². The van der Waals surface area contributed by atoms with Gasteiger partial charge >= 0.3 is 11.9 Å². The maximum absolute atomic E-state index is 10.1. The van der Waals surface area contributed by atoms with Gasteiger partial charge in [0.2, 0.25) is 0 Å². The molecule has 144 valence electrons. The summed E-state index contributed by atoms with van der Waals surface area (Å²) >= 11 is 0. The first-order valence-electron chi connectivity index (χ1n) is 7.79. The van der Waals surface area contributed by atoms with E-state index in [-0.39, 0.29) is 18.8 Å². The molecule has 1 aromatic rings. The fraction of sp³-hybridized carbons (Fsp3) is 0.263. The highest BCUT2D eigenvalue weighted by Crippen LogP contribution is 2.00. The zero-order chi connectivity index (χ0) is 20.2. The van der Waals surface area contributed by atoms with Gasteiger partial charge in [0.05, 0.1) is 13.2 Å². The summed E-state index contributed by atoms with van der Waals surface area (Å²) in [6.45, 7) is 6.02. The molecule has 0 aliphatic rings. The van der Waals surface area contributed by atoms with Gasteiger partial charge < -0.3 is 25.7 Å². The zero-order valence-electron chi connectivity index (χ0n) is 14.8. The summed E-state index contributed by atoms with van der Waals surface area (Å²) in [7, 11) is 0. The third-order valence-corrected chi connectivity index (χ3v) is 2.38. The van der Waals surface area contributed by atoms with Crippen molar-refractivity contribution in [2.45, 2.75) is 6.92 Å². The maximum Gasteiger partial charge on any atom is 0.330 e. The topological polar surface area (TPSA) is 127 Å². The number of aliphatic hydroxyl groups is 2. The zero-order valence-corrected chi connectivity index (χ0v) is 14.8. The summed E-state index contributed by atoms with van der Waals surface area (Å²) in [4.78, 5) is 19.7. The molecule has 1 aromatic carbocycles. The van der Waals surface area contributed by atoms with Gasteiger partial charge in [-0.2, -0.15) is 0 Å². The Balaban J connectivity index is 0. The van der Waals surface area contributed by atoms with E-state index in [2.05, 4.69) is 11.9 Å². The van der Waals surface area contributed by atoms with Crippen molar-refractivity contribution in [2.24, 2.45) is 0 Å². The summed E-state index contributed by atoms with van der Waals surface area (Å²) < 4.78 is 0. The van der Waals surface area contributed by atoms with Gasteiger partial charge in [0, 0.05) is 24.7 Å². The van der Waals surface area contributed by atoms with E-state index in [0.717, 1.165) is 11.6 Å². The van der Waals surface area contributed by atoms with Crippen LogP contribution in [0.2, 0.25) is 0 Å². The predicted molar refractivity (Wildman–Crippen MR) is 102 cm³/mol. The number of aliphatic carboxylic acids is 2. The number of carbonyl (C=O) groups is 2. The molecule has 0 radical (unpaired) electrons. The first-order valence-corrected chi connectivity index (χ1v) is 7.79. The highest BCUT2D eigenvalue weighted by molar-refractivity contribution is 5.84. The standard InChI is InChI=1S/C11H10O2.C4H11NO2.C4H6O2/c12-11(13)9-5-4-8-10-6-2-1-3-7-10;6-3-1-5-2-4-7;1-3(2)4(5)6/h1-9H,(H,12,13);5-7H,1-4H2;1H2,2H3,(H,5,6). The Labute approximate surface area is 153 Å². The van der Waals surface area contributed by atoms with Gasteiger partial charge in [-0.25, -0.2) is 9.59 Å². The van der Waals surface area contributed by atoms with Crippen molar-refractivity contribution in [3.05, 3.63) is 66.3 Å². The lowest BCUT2D eigenvalue weighted by Crippen LogP contribution is -2.21. The molecule has 0 bridgehead atoms. The Morgan fingerprint density at radius 2 is 1.54 bits per heavy atom. The highest BCUT2D eigenvalue weighted by atomic mass is 16.4. The van der Waals surface area contributed by atoms with Crippen LogP contribution in [0.1, 0.15) is 12.5 Å². The van der Waals surface area contributed by atoms with Crippen molar-refractivity contribution in [3.8, 4) is 0 Å². The minimum Gasteiger partial charge on any atom is -0.478 e. The molecule has 5 N–H and O–H groups in total. The van der Waals surface area contributed by atoms with E-state index in [0.29, 0.717) is 13.1 Å². The second-order valence-electron chi connectivity index (χ2n) is 4.75. The molecule has 1 rings (SSSR count). The van der Waals surface area contributed by atoms with Crippen LogP contribution in [0.5, 0.6) is 0 Å². The van der Waals surface area contributed by atoms with Crippen molar-refractivity contribution < 1.29 is 30.0 Å². The fourth-order valence-electron chi connectivity index (χ4n) is 1.15. The third kappa shape index (κ3) is 21.3. The van der Waals surface area contributed by atoms with Gasteiger partial charge in [0.25, 0.3) is 0 Å².